The lowest BCUT2D eigenvalue weighted by Crippen LogP contribution is -2.04. The molecule has 0 unspecified atom stereocenters. The molecule has 1 aromatic carbocycles. The molecule has 2 aromatic rings. The first kappa shape index (κ1) is 12.4. The van der Waals surface area contributed by atoms with E-state index in [0.29, 0.717) is 6.54 Å². The molecule has 5 heteroatoms. The maximum Gasteiger partial charge on any atom is 0.387 e. The van der Waals surface area contributed by atoms with E-state index < -0.39 is 6.61 Å². The molecule has 0 aliphatic rings. The molecule has 0 saturated heterocycles. The van der Waals surface area contributed by atoms with Crippen LogP contribution in [0.25, 0.3) is 0 Å². The fourth-order valence-corrected chi connectivity index (χ4v) is 1.63. The van der Waals surface area contributed by atoms with E-state index >= 15 is 0 Å². The Labute approximate surface area is 104 Å². The summed E-state index contributed by atoms with van der Waals surface area (Å²) in [6.45, 7) is -2.11. The number of hydrogen-bond acceptors (Lipinski definition) is 2. The number of rotatable bonds is 5. The van der Waals surface area contributed by atoms with E-state index in [0.717, 1.165) is 11.4 Å². The van der Waals surface area contributed by atoms with Crippen molar-refractivity contribution >= 4 is 5.69 Å². The Kier molecular flexibility index (Phi) is 3.82. The second-order valence-electron chi connectivity index (χ2n) is 3.87. The lowest BCUT2D eigenvalue weighted by Gasteiger charge is -2.09. The third kappa shape index (κ3) is 3.23. The van der Waals surface area contributed by atoms with Gasteiger partial charge >= 0.3 is 6.61 Å². The van der Waals surface area contributed by atoms with Crippen LogP contribution in [0.5, 0.6) is 5.75 Å². The number of benzene rings is 1. The average molecular weight is 252 g/mol. The lowest BCUT2D eigenvalue weighted by molar-refractivity contribution is -0.0498. The second kappa shape index (κ2) is 5.53. The molecule has 2 rings (SSSR count). The zero-order chi connectivity index (χ0) is 13.0. The molecular formula is C13H14F2N2O. The van der Waals surface area contributed by atoms with Crippen LogP contribution in [0.15, 0.2) is 42.6 Å². The third-order valence-electron chi connectivity index (χ3n) is 2.60. The van der Waals surface area contributed by atoms with Gasteiger partial charge in [0.2, 0.25) is 0 Å². The summed E-state index contributed by atoms with van der Waals surface area (Å²) in [5.74, 6) is 0.161. The standard InChI is InChI=1S/C13H14F2N2O/c1-17-8-2-3-11(17)9-16-10-4-6-12(7-5-10)18-13(14)15/h2-8,13,16H,9H2,1H3. The Morgan fingerprint density at radius 1 is 1.22 bits per heavy atom. The molecule has 1 heterocycles. The fraction of sp³-hybridized carbons (Fsp3) is 0.231. The molecule has 0 atom stereocenters. The number of halogens is 2. The highest BCUT2D eigenvalue weighted by molar-refractivity contribution is 5.46. The molecule has 0 saturated carbocycles. The first-order valence-corrected chi connectivity index (χ1v) is 5.54. The smallest absolute Gasteiger partial charge is 0.387 e. The van der Waals surface area contributed by atoms with Crippen molar-refractivity contribution in [2.75, 3.05) is 5.32 Å². The van der Waals surface area contributed by atoms with Gasteiger partial charge in [-0.2, -0.15) is 8.78 Å². The highest BCUT2D eigenvalue weighted by Crippen LogP contribution is 2.18. The highest BCUT2D eigenvalue weighted by atomic mass is 19.3. The maximum atomic E-state index is 12.0. The molecule has 0 spiro atoms. The van der Waals surface area contributed by atoms with Crippen molar-refractivity contribution in [2.45, 2.75) is 13.2 Å². The Balaban J connectivity index is 1.92. The van der Waals surface area contributed by atoms with Crippen LogP contribution < -0.4 is 10.1 Å². The molecule has 0 aliphatic heterocycles. The van der Waals surface area contributed by atoms with Crippen molar-refractivity contribution < 1.29 is 13.5 Å². The molecule has 3 nitrogen and oxygen atoms in total. The molecule has 0 aliphatic carbocycles. The predicted molar refractivity (Wildman–Crippen MR) is 65.8 cm³/mol. The average Bonchev–Trinajstić information content (AvgIpc) is 2.73. The maximum absolute atomic E-state index is 12.0. The van der Waals surface area contributed by atoms with Gasteiger partial charge in [0.05, 0.1) is 6.54 Å². The topological polar surface area (TPSA) is 26.2 Å². The molecule has 1 aromatic heterocycles. The lowest BCUT2D eigenvalue weighted by atomic mass is 10.3. The molecular weight excluding hydrogens is 238 g/mol. The van der Waals surface area contributed by atoms with Crippen LogP contribution in [0.1, 0.15) is 5.69 Å². The van der Waals surface area contributed by atoms with Gasteiger partial charge in [0.25, 0.3) is 0 Å². The van der Waals surface area contributed by atoms with Crippen LogP contribution in [0.3, 0.4) is 0 Å². The number of alkyl halides is 2. The van der Waals surface area contributed by atoms with Crippen molar-refractivity contribution in [1.29, 1.82) is 0 Å². The van der Waals surface area contributed by atoms with E-state index in [1.807, 2.05) is 29.9 Å². The van der Waals surface area contributed by atoms with Gasteiger partial charge in [0.15, 0.2) is 0 Å². The summed E-state index contributed by atoms with van der Waals surface area (Å²) in [7, 11) is 1.97. The molecule has 18 heavy (non-hydrogen) atoms. The predicted octanol–water partition coefficient (Wildman–Crippen LogP) is 3.24. The van der Waals surface area contributed by atoms with Gasteiger partial charge in [-0.15, -0.1) is 0 Å². The van der Waals surface area contributed by atoms with Crippen molar-refractivity contribution in [3.05, 3.63) is 48.3 Å². The van der Waals surface area contributed by atoms with E-state index in [1.165, 1.54) is 12.1 Å². The van der Waals surface area contributed by atoms with E-state index in [9.17, 15) is 8.78 Å². The third-order valence-corrected chi connectivity index (χ3v) is 2.60. The second-order valence-corrected chi connectivity index (χ2v) is 3.87. The summed E-state index contributed by atoms with van der Waals surface area (Å²) in [6.07, 6.45) is 1.97. The number of nitrogens with one attached hydrogen (secondary N) is 1. The molecule has 0 fully saturated rings. The van der Waals surface area contributed by atoms with Crippen molar-refractivity contribution in [2.24, 2.45) is 7.05 Å². The number of hydrogen-bond donors (Lipinski definition) is 1. The number of ether oxygens (including phenoxy) is 1. The summed E-state index contributed by atoms with van der Waals surface area (Å²) < 4.78 is 30.2. The van der Waals surface area contributed by atoms with Crippen molar-refractivity contribution in [1.82, 2.24) is 4.57 Å². The quantitative estimate of drug-likeness (QED) is 0.884. The van der Waals surface area contributed by atoms with Gasteiger partial charge in [-0.05, 0) is 36.4 Å². The van der Waals surface area contributed by atoms with Gasteiger partial charge in [-0.3, -0.25) is 0 Å². The molecule has 1 N–H and O–H groups in total. The van der Waals surface area contributed by atoms with Crippen LogP contribution in [-0.2, 0) is 13.6 Å². The Morgan fingerprint density at radius 2 is 1.94 bits per heavy atom. The van der Waals surface area contributed by atoms with Gasteiger partial charge < -0.3 is 14.6 Å². The van der Waals surface area contributed by atoms with Crippen molar-refractivity contribution in [3.8, 4) is 5.75 Å². The largest absolute Gasteiger partial charge is 0.435 e. The van der Waals surface area contributed by atoms with Crippen LogP contribution in [-0.4, -0.2) is 11.2 Å². The van der Waals surface area contributed by atoms with Crippen LogP contribution in [0.2, 0.25) is 0 Å². The Morgan fingerprint density at radius 3 is 2.50 bits per heavy atom. The molecule has 0 amide bonds. The SMILES string of the molecule is Cn1cccc1CNc1ccc(OC(F)F)cc1. The van der Waals surface area contributed by atoms with Crippen LogP contribution in [0.4, 0.5) is 14.5 Å². The van der Waals surface area contributed by atoms with Gasteiger partial charge in [-0.1, -0.05) is 0 Å². The van der Waals surface area contributed by atoms with Gasteiger partial charge in [0, 0.05) is 24.6 Å². The monoisotopic (exact) mass is 252 g/mol. The number of aryl methyl sites for hydroxylation is 1. The summed E-state index contributed by atoms with van der Waals surface area (Å²) in [5, 5.41) is 3.20. The van der Waals surface area contributed by atoms with E-state index in [1.54, 1.807) is 12.1 Å². The minimum Gasteiger partial charge on any atom is -0.435 e. The molecule has 96 valence electrons. The number of nitrogens with zero attached hydrogens (tertiary/aromatic N) is 1. The summed E-state index contributed by atoms with van der Waals surface area (Å²) >= 11 is 0. The van der Waals surface area contributed by atoms with E-state index in [-0.39, 0.29) is 5.75 Å². The number of anilines is 1. The zero-order valence-corrected chi connectivity index (χ0v) is 9.94. The van der Waals surface area contributed by atoms with Crippen LogP contribution in [0, 0.1) is 0 Å². The Hall–Kier alpha value is -2.04. The first-order chi connectivity index (χ1) is 8.65. The normalized spacial score (nSPS) is 10.7. The summed E-state index contributed by atoms with van der Waals surface area (Å²) in [4.78, 5) is 0. The first-order valence-electron chi connectivity index (χ1n) is 5.54. The highest BCUT2D eigenvalue weighted by Gasteiger charge is 2.03. The zero-order valence-electron chi connectivity index (χ0n) is 9.94. The summed E-state index contributed by atoms with van der Waals surface area (Å²) in [5.41, 5.74) is 2.00. The van der Waals surface area contributed by atoms with Gasteiger partial charge in [0.1, 0.15) is 5.75 Å². The molecule has 0 bridgehead atoms. The molecule has 0 radical (unpaired) electrons. The fourth-order valence-electron chi connectivity index (χ4n) is 1.63. The number of aromatic nitrogens is 1. The van der Waals surface area contributed by atoms with E-state index in [4.69, 9.17) is 0 Å². The minimum atomic E-state index is -2.79. The van der Waals surface area contributed by atoms with Crippen LogP contribution >= 0.6 is 0 Å². The minimum absolute atomic E-state index is 0.161. The van der Waals surface area contributed by atoms with Crippen molar-refractivity contribution in [3.63, 3.8) is 0 Å². The Bertz CT molecular complexity index is 494. The van der Waals surface area contributed by atoms with Gasteiger partial charge in [-0.25, -0.2) is 0 Å². The van der Waals surface area contributed by atoms with E-state index in [2.05, 4.69) is 10.1 Å². The summed E-state index contributed by atoms with van der Waals surface area (Å²) in [6, 6.07) is 10.4.